The van der Waals surface area contributed by atoms with Crippen molar-refractivity contribution in [1.29, 1.82) is 0 Å². The van der Waals surface area contributed by atoms with Crippen molar-refractivity contribution in [1.82, 2.24) is 19.3 Å². The lowest BCUT2D eigenvalue weighted by Gasteiger charge is -2.17. The Labute approximate surface area is 104 Å². The molecule has 1 atom stereocenters. The molecule has 0 aliphatic carbocycles. The summed E-state index contributed by atoms with van der Waals surface area (Å²) in [6.45, 7) is 1.76. The first kappa shape index (κ1) is 11.0. The molecule has 1 aliphatic heterocycles. The Bertz CT molecular complexity index is 589. The minimum atomic E-state index is -0.0254. The molecule has 1 saturated heterocycles. The van der Waals surface area contributed by atoms with E-state index < -0.39 is 0 Å². The number of hydrogen-bond donors (Lipinski definition) is 0. The summed E-state index contributed by atoms with van der Waals surface area (Å²) in [5.41, 5.74) is -0.0254. The molecule has 0 amide bonds. The van der Waals surface area contributed by atoms with Gasteiger partial charge in [0.05, 0.1) is 12.4 Å². The van der Waals surface area contributed by atoms with E-state index in [2.05, 4.69) is 15.0 Å². The molecule has 1 fully saturated rings. The van der Waals surface area contributed by atoms with E-state index in [0.717, 1.165) is 25.3 Å². The predicted octanol–water partition coefficient (Wildman–Crippen LogP) is 0.428. The van der Waals surface area contributed by atoms with Gasteiger partial charge in [-0.3, -0.25) is 9.48 Å². The largest absolute Gasteiger partial charge is 0.354 e. The maximum Gasteiger partial charge on any atom is 0.255 e. The fourth-order valence-corrected chi connectivity index (χ4v) is 2.29. The van der Waals surface area contributed by atoms with Crippen molar-refractivity contribution in [2.45, 2.75) is 12.5 Å². The molecular weight excluding hydrogens is 230 g/mol. The predicted molar refractivity (Wildman–Crippen MR) is 67.6 cm³/mol. The summed E-state index contributed by atoms with van der Waals surface area (Å²) in [6.07, 6.45) is 6.36. The van der Waals surface area contributed by atoms with Crippen molar-refractivity contribution in [3.05, 3.63) is 41.2 Å². The van der Waals surface area contributed by atoms with Gasteiger partial charge in [0, 0.05) is 38.6 Å². The second kappa shape index (κ2) is 4.29. The molecule has 3 heterocycles. The van der Waals surface area contributed by atoms with E-state index in [1.54, 1.807) is 25.6 Å². The second-order valence-electron chi connectivity index (χ2n) is 4.57. The van der Waals surface area contributed by atoms with E-state index in [-0.39, 0.29) is 5.56 Å². The van der Waals surface area contributed by atoms with Crippen LogP contribution in [0, 0.1) is 0 Å². The lowest BCUT2D eigenvalue weighted by Crippen LogP contribution is -2.25. The first-order valence-electron chi connectivity index (χ1n) is 6.01. The Hall–Kier alpha value is -2.11. The second-order valence-corrected chi connectivity index (χ2v) is 4.57. The van der Waals surface area contributed by atoms with Crippen LogP contribution < -0.4 is 10.5 Å². The third-order valence-electron chi connectivity index (χ3n) is 3.35. The molecule has 1 aliphatic rings. The van der Waals surface area contributed by atoms with Gasteiger partial charge in [-0.25, -0.2) is 4.98 Å². The summed E-state index contributed by atoms with van der Waals surface area (Å²) >= 11 is 0. The summed E-state index contributed by atoms with van der Waals surface area (Å²) in [4.78, 5) is 18.0. The molecule has 18 heavy (non-hydrogen) atoms. The highest BCUT2D eigenvalue weighted by molar-refractivity contribution is 5.38. The van der Waals surface area contributed by atoms with Crippen molar-refractivity contribution >= 4 is 5.82 Å². The molecule has 0 bridgehead atoms. The quantitative estimate of drug-likeness (QED) is 0.770. The van der Waals surface area contributed by atoms with Gasteiger partial charge in [0.2, 0.25) is 0 Å². The van der Waals surface area contributed by atoms with Crippen LogP contribution in [0.2, 0.25) is 0 Å². The molecule has 0 N–H and O–H groups in total. The Morgan fingerprint density at radius 3 is 3.06 bits per heavy atom. The number of aromatic nitrogens is 4. The Morgan fingerprint density at radius 2 is 2.33 bits per heavy atom. The third kappa shape index (κ3) is 1.90. The summed E-state index contributed by atoms with van der Waals surface area (Å²) in [7, 11) is 1.70. The van der Waals surface area contributed by atoms with Crippen LogP contribution >= 0.6 is 0 Å². The van der Waals surface area contributed by atoms with Gasteiger partial charge in [-0.2, -0.15) is 5.10 Å². The minimum Gasteiger partial charge on any atom is -0.354 e. The molecule has 0 aromatic carbocycles. The number of hydrogen-bond acceptors (Lipinski definition) is 4. The van der Waals surface area contributed by atoms with Gasteiger partial charge in [0.25, 0.3) is 5.56 Å². The Kier molecular flexibility index (Phi) is 2.62. The zero-order chi connectivity index (χ0) is 12.5. The molecule has 0 spiro atoms. The maximum absolute atomic E-state index is 11.6. The molecular formula is C12H15N5O. The van der Waals surface area contributed by atoms with Crippen LogP contribution in [0.15, 0.2) is 35.6 Å². The zero-order valence-electron chi connectivity index (χ0n) is 10.2. The van der Waals surface area contributed by atoms with Crippen molar-refractivity contribution in [3.8, 4) is 0 Å². The van der Waals surface area contributed by atoms with Crippen LogP contribution in [0.5, 0.6) is 0 Å². The van der Waals surface area contributed by atoms with Crippen molar-refractivity contribution in [2.75, 3.05) is 18.0 Å². The van der Waals surface area contributed by atoms with Gasteiger partial charge in [0.1, 0.15) is 5.82 Å². The summed E-state index contributed by atoms with van der Waals surface area (Å²) in [6, 6.07) is 3.89. The van der Waals surface area contributed by atoms with E-state index in [1.807, 2.05) is 16.9 Å². The van der Waals surface area contributed by atoms with Crippen LogP contribution in [0.4, 0.5) is 5.82 Å². The third-order valence-corrected chi connectivity index (χ3v) is 3.35. The van der Waals surface area contributed by atoms with Crippen molar-refractivity contribution in [3.63, 3.8) is 0 Å². The first-order valence-corrected chi connectivity index (χ1v) is 6.01. The normalized spacial score (nSPS) is 19.4. The van der Waals surface area contributed by atoms with Crippen LogP contribution in [0.3, 0.4) is 0 Å². The average Bonchev–Trinajstić information content (AvgIpc) is 3.01. The summed E-state index contributed by atoms with van der Waals surface area (Å²) < 4.78 is 3.45. The number of rotatable bonds is 2. The molecule has 6 heteroatoms. The highest BCUT2D eigenvalue weighted by atomic mass is 16.1. The molecule has 0 saturated carbocycles. The summed E-state index contributed by atoms with van der Waals surface area (Å²) in [5.74, 6) is 0.757. The van der Waals surface area contributed by atoms with Gasteiger partial charge in [-0.05, 0) is 12.5 Å². The van der Waals surface area contributed by atoms with Crippen LogP contribution in [-0.2, 0) is 7.05 Å². The maximum atomic E-state index is 11.6. The Balaban J connectivity index is 1.79. The number of nitrogens with zero attached hydrogens (tertiary/aromatic N) is 5. The molecule has 6 nitrogen and oxygen atoms in total. The van der Waals surface area contributed by atoms with Gasteiger partial charge in [-0.15, -0.1) is 0 Å². The molecule has 3 rings (SSSR count). The number of aryl methyl sites for hydroxylation is 1. The van der Waals surface area contributed by atoms with Crippen molar-refractivity contribution in [2.24, 2.45) is 7.05 Å². The number of anilines is 1. The van der Waals surface area contributed by atoms with Gasteiger partial charge >= 0.3 is 0 Å². The zero-order valence-corrected chi connectivity index (χ0v) is 10.2. The monoisotopic (exact) mass is 245 g/mol. The topological polar surface area (TPSA) is 56.0 Å². The highest BCUT2D eigenvalue weighted by Crippen LogP contribution is 2.23. The molecule has 0 radical (unpaired) electrons. The summed E-state index contributed by atoms with van der Waals surface area (Å²) in [5, 5.41) is 4.26. The minimum absolute atomic E-state index is 0.0254. The van der Waals surface area contributed by atoms with Gasteiger partial charge < -0.3 is 9.47 Å². The lowest BCUT2D eigenvalue weighted by molar-refractivity contribution is 0.494. The fourth-order valence-electron chi connectivity index (χ4n) is 2.29. The van der Waals surface area contributed by atoms with E-state index in [4.69, 9.17) is 0 Å². The lowest BCUT2D eigenvalue weighted by atomic mass is 10.3. The van der Waals surface area contributed by atoms with Crippen LogP contribution in [0.25, 0.3) is 0 Å². The van der Waals surface area contributed by atoms with Gasteiger partial charge in [-0.1, -0.05) is 0 Å². The van der Waals surface area contributed by atoms with E-state index in [0.29, 0.717) is 6.04 Å². The molecule has 94 valence electrons. The van der Waals surface area contributed by atoms with E-state index >= 15 is 0 Å². The van der Waals surface area contributed by atoms with E-state index in [9.17, 15) is 4.79 Å². The standard InChI is InChI=1S/C12H15N5O/c1-15-9-13-11(7-12(15)18)16-6-3-10(8-16)17-5-2-4-14-17/h2,4-5,7,9-10H,3,6,8H2,1H3. The van der Waals surface area contributed by atoms with Crippen LogP contribution in [0.1, 0.15) is 12.5 Å². The van der Waals surface area contributed by atoms with Crippen LogP contribution in [-0.4, -0.2) is 32.4 Å². The molecule has 1 unspecified atom stereocenters. The van der Waals surface area contributed by atoms with Gasteiger partial charge in [0.15, 0.2) is 0 Å². The highest BCUT2D eigenvalue weighted by Gasteiger charge is 2.25. The Morgan fingerprint density at radius 1 is 1.44 bits per heavy atom. The van der Waals surface area contributed by atoms with Crippen molar-refractivity contribution < 1.29 is 0 Å². The van der Waals surface area contributed by atoms with E-state index in [1.165, 1.54) is 4.57 Å². The SMILES string of the molecule is Cn1cnc(N2CCC(n3cccn3)C2)cc1=O. The smallest absolute Gasteiger partial charge is 0.255 e. The molecule has 2 aromatic rings. The first-order chi connectivity index (χ1) is 8.74. The fraction of sp³-hybridized carbons (Fsp3) is 0.417. The average molecular weight is 245 g/mol. The molecule has 2 aromatic heterocycles.